The third-order valence-electron chi connectivity index (χ3n) is 20.4. The van der Waals surface area contributed by atoms with Gasteiger partial charge in [0.1, 0.15) is 96.4 Å². The standard InChI is InChI=1S/C81H131N19O31S/c1-11-39(8)63(98-69(118)48(24-27-57(107)108)87-71(120)51(33-59(111)112)93-79(128)64(40(9)101)100-73(122)49(30-36(2)3)90-72(121)50(32-58(109)110)92-75(124)54(35-132)95-66(115)44(84)22-26-56(105)106)78(127)97-62(38(6)7)77(126)89-46(17-13-15-29-83)68(117)91-52(34-60(113)114)74(123)96-61(37(4)5)76(125)88-45(16-12-14-28-82)67(116)86-47(23-25-55(85)104)70(119)99-65(41(10)102)80(129)94-53(81(130)131)31-42-18-20-43(103)21-19-42/h18-21,36-41,44-54,61-65,101-103,132H,11-17,22-35,82-84H2,1-10H3,(H2,85,104)(H,86,116)(H,87,120)(H,88,125)(H,89,126)(H,90,121)(H,91,117)(H,92,124)(H,93,128)(H,94,129)(H,95,115)(H,96,123)(H,97,127)(H,98,118)(H,99,119)(H,100,122)(H,105,106)(H,107,108)(H,109,110)(H,111,112)(H,113,114)(H,130,131)/t39-,40+,41+,44-,45-,46-,47-,48-,49-,50-,51-,52-,53-,54-,61-,62-,63-,64-,65-/m0/s1. The Labute approximate surface area is 765 Å². The average molecular weight is 1900 g/mol. The molecule has 742 valence electrons. The minimum atomic E-state index is -2.25. The highest BCUT2D eigenvalue weighted by Gasteiger charge is 2.42. The van der Waals surface area contributed by atoms with Crippen LogP contribution in [-0.2, 0) is 112 Å². The first kappa shape index (κ1) is 118. The number of hydrogen-bond donors (Lipinski definition) is 29. The zero-order valence-corrected chi connectivity index (χ0v) is 76.0. The first-order chi connectivity index (χ1) is 61.6. The molecule has 0 heterocycles. The van der Waals surface area contributed by atoms with E-state index >= 15 is 0 Å². The minimum Gasteiger partial charge on any atom is -0.508 e. The highest BCUT2D eigenvalue weighted by molar-refractivity contribution is 7.80. The number of hydrogen-bond acceptors (Lipinski definition) is 29. The Morgan fingerprint density at radius 3 is 1.00 bits per heavy atom. The summed E-state index contributed by atoms with van der Waals surface area (Å²) in [6.45, 7) is 14.1. The van der Waals surface area contributed by atoms with Gasteiger partial charge in [0.15, 0.2) is 0 Å². The number of benzene rings is 1. The molecule has 0 aliphatic rings. The van der Waals surface area contributed by atoms with Crippen molar-refractivity contribution in [2.75, 3.05) is 18.8 Å². The van der Waals surface area contributed by atoms with Crippen molar-refractivity contribution >= 4 is 143 Å². The number of aliphatic carboxylic acids is 6. The maximum atomic E-state index is 14.6. The zero-order chi connectivity index (χ0) is 101. The molecule has 0 saturated carbocycles. The molecule has 0 aliphatic heterocycles. The Morgan fingerprint density at radius 1 is 0.341 bits per heavy atom. The lowest BCUT2D eigenvalue weighted by Crippen LogP contribution is -2.63. The number of thiol groups is 1. The second-order valence-corrected chi connectivity index (χ2v) is 33.1. The van der Waals surface area contributed by atoms with Gasteiger partial charge in [0.05, 0.1) is 37.5 Å². The molecule has 32 N–H and O–H groups in total. The van der Waals surface area contributed by atoms with E-state index in [0.29, 0.717) is 5.56 Å². The molecule has 0 aromatic heterocycles. The van der Waals surface area contributed by atoms with Crippen molar-refractivity contribution in [3.63, 3.8) is 0 Å². The fourth-order valence-corrected chi connectivity index (χ4v) is 12.9. The van der Waals surface area contributed by atoms with Crippen LogP contribution in [0.1, 0.15) is 184 Å². The van der Waals surface area contributed by atoms with E-state index in [1.165, 1.54) is 58.9 Å². The van der Waals surface area contributed by atoms with Gasteiger partial charge in [-0.25, -0.2) is 4.79 Å². The summed E-state index contributed by atoms with van der Waals surface area (Å²) in [6.07, 6.45) is -11.3. The number of nitrogens with two attached hydrogens (primary N) is 4. The van der Waals surface area contributed by atoms with E-state index in [4.69, 9.17) is 28.0 Å². The predicted octanol–water partition coefficient (Wildman–Crippen LogP) is -7.61. The molecule has 0 fully saturated rings. The molecule has 0 aliphatic carbocycles. The average Bonchev–Trinajstić information content (AvgIpc) is 0.841. The highest BCUT2D eigenvalue weighted by Crippen LogP contribution is 2.18. The van der Waals surface area contributed by atoms with E-state index in [0.717, 1.165) is 13.8 Å². The predicted molar refractivity (Wildman–Crippen MR) is 467 cm³/mol. The second-order valence-electron chi connectivity index (χ2n) is 32.8. The first-order valence-electron chi connectivity index (χ1n) is 42.7. The molecular weight excluding hydrogens is 1770 g/mol. The van der Waals surface area contributed by atoms with Crippen LogP contribution in [0.15, 0.2) is 24.3 Å². The monoisotopic (exact) mass is 1900 g/mol. The molecule has 0 spiro atoms. The van der Waals surface area contributed by atoms with Gasteiger partial charge in [0.25, 0.3) is 0 Å². The van der Waals surface area contributed by atoms with Crippen molar-refractivity contribution in [2.24, 2.45) is 46.6 Å². The quantitative estimate of drug-likeness (QED) is 0.0213. The summed E-state index contributed by atoms with van der Waals surface area (Å²) in [5.74, 6) is -32.6. The summed E-state index contributed by atoms with van der Waals surface area (Å²) >= 11 is 4.02. The largest absolute Gasteiger partial charge is 0.508 e. The number of amides is 16. The molecule has 0 bridgehead atoms. The number of phenolic OH excluding ortho intramolecular Hbond substituents is 1. The van der Waals surface area contributed by atoms with Gasteiger partial charge in [0, 0.05) is 31.4 Å². The van der Waals surface area contributed by atoms with Crippen LogP contribution in [0.3, 0.4) is 0 Å². The Balaban J connectivity index is 3.70. The normalized spacial score (nSPS) is 15.5. The van der Waals surface area contributed by atoms with E-state index in [-0.39, 0.29) is 83.0 Å². The van der Waals surface area contributed by atoms with Crippen LogP contribution in [0.5, 0.6) is 5.75 Å². The van der Waals surface area contributed by atoms with E-state index in [1.807, 2.05) is 5.32 Å². The molecule has 1 rings (SSSR count). The summed E-state index contributed by atoms with van der Waals surface area (Å²) in [5.41, 5.74) is 23.0. The molecule has 19 atom stereocenters. The number of aliphatic hydroxyl groups excluding tert-OH is 2. The Bertz CT molecular complexity index is 4140. The number of aliphatic hydroxyl groups is 2. The number of carboxylic acids is 6. The summed E-state index contributed by atoms with van der Waals surface area (Å²) in [4.78, 5) is 296. The van der Waals surface area contributed by atoms with Gasteiger partial charge in [0.2, 0.25) is 94.5 Å². The van der Waals surface area contributed by atoms with Gasteiger partial charge in [-0.3, -0.25) is 101 Å². The summed E-state index contributed by atoms with van der Waals surface area (Å²) in [6, 6.07) is -23.5. The van der Waals surface area contributed by atoms with Gasteiger partial charge in [-0.15, -0.1) is 0 Å². The van der Waals surface area contributed by atoms with Crippen molar-refractivity contribution in [3.05, 3.63) is 29.8 Å². The van der Waals surface area contributed by atoms with Crippen molar-refractivity contribution in [1.29, 1.82) is 0 Å². The third-order valence-corrected chi connectivity index (χ3v) is 20.7. The molecule has 0 unspecified atom stereocenters. The lowest BCUT2D eigenvalue weighted by molar-refractivity contribution is -0.143. The third kappa shape index (κ3) is 44.0. The van der Waals surface area contributed by atoms with Crippen LogP contribution in [0, 0.1) is 23.7 Å². The number of rotatable bonds is 65. The number of phenols is 1. The van der Waals surface area contributed by atoms with Crippen LogP contribution >= 0.6 is 12.6 Å². The van der Waals surface area contributed by atoms with Crippen LogP contribution < -0.4 is 103 Å². The van der Waals surface area contributed by atoms with E-state index in [2.05, 4.69) is 87.1 Å². The Morgan fingerprint density at radius 2 is 0.636 bits per heavy atom. The molecule has 132 heavy (non-hydrogen) atoms. The fraction of sp³-hybridized carbons (Fsp3) is 0.654. The lowest BCUT2D eigenvalue weighted by Gasteiger charge is -2.31. The van der Waals surface area contributed by atoms with Crippen LogP contribution in [-0.4, -0.2) is 304 Å². The number of carbonyl (C=O) groups is 22. The maximum absolute atomic E-state index is 14.6. The number of primary amides is 1. The number of aromatic hydroxyl groups is 1. The fourth-order valence-electron chi connectivity index (χ4n) is 12.7. The molecule has 1 aromatic carbocycles. The molecule has 50 nitrogen and oxygen atoms in total. The van der Waals surface area contributed by atoms with Gasteiger partial charge in [-0.1, -0.05) is 73.9 Å². The molecule has 16 amide bonds. The number of unbranched alkanes of at least 4 members (excludes halogenated alkanes) is 2. The summed E-state index contributed by atoms with van der Waals surface area (Å²) in [5, 5.41) is 124. The molecule has 0 saturated heterocycles. The van der Waals surface area contributed by atoms with Gasteiger partial charge in [-0.05, 0) is 133 Å². The minimum absolute atomic E-state index is 0.0463. The SMILES string of the molecule is CC[C@H](C)[C@H](NC(=O)[C@H](CCC(=O)O)NC(=O)[C@H](CC(=O)O)NC(=O)[C@@H](NC(=O)[C@H](CC(C)C)NC(=O)[C@H](CC(=O)O)NC(=O)[C@H](CS)NC(=O)[C@@H](N)CCC(=O)O)[C@@H](C)O)C(=O)N[C@H](C(=O)N[C@@H](CCCCN)C(=O)N[C@@H](CC(=O)O)C(=O)N[C@H](C(=O)N[C@@H](CCCCN)C(=O)N[C@@H](CCC(N)=O)C(=O)N[C@H](C(=O)N[C@@H](Cc1ccc(O)cc1)C(=O)O)[C@@H](C)O)C(C)C)C(C)C. The molecule has 51 heteroatoms. The second kappa shape index (κ2) is 59.7. The summed E-state index contributed by atoms with van der Waals surface area (Å²) in [7, 11) is 0. The number of nitrogens with one attached hydrogen (secondary N) is 15. The van der Waals surface area contributed by atoms with E-state index in [9.17, 15) is 146 Å². The van der Waals surface area contributed by atoms with Crippen molar-refractivity contribution in [2.45, 2.75) is 294 Å². The first-order valence-corrected chi connectivity index (χ1v) is 43.3. The smallest absolute Gasteiger partial charge is 0.326 e. The molecular formula is C81H131N19O31S. The molecule has 0 radical (unpaired) electrons. The Kier molecular flexibility index (Phi) is 53.2. The number of carboxylic acid groups (broad SMARTS) is 6. The highest BCUT2D eigenvalue weighted by atomic mass is 32.1. The van der Waals surface area contributed by atoms with Crippen molar-refractivity contribution in [1.82, 2.24) is 79.8 Å². The van der Waals surface area contributed by atoms with E-state index < -0.39 is 320 Å². The molecule has 1 aromatic rings. The number of carbonyl (C=O) groups excluding carboxylic acids is 16. The van der Waals surface area contributed by atoms with Crippen LogP contribution in [0.25, 0.3) is 0 Å². The van der Waals surface area contributed by atoms with Gasteiger partial charge < -0.3 is 149 Å². The van der Waals surface area contributed by atoms with E-state index in [1.54, 1.807) is 20.8 Å². The van der Waals surface area contributed by atoms with Crippen molar-refractivity contribution < 1.29 is 151 Å². The Hall–Kier alpha value is -12.5. The topological polar surface area (TPSA) is 842 Å². The zero-order valence-electron chi connectivity index (χ0n) is 75.1. The van der Waals surface area contributed by atoms with Crippen LogP contribution in [0.4, 0.5) is 0 Å². The van der Waals surface area contributed by atoms with Crippen LogP contribution in [0.2, 0.25) is 0 Å². The van der Waals surface area contributed by atoms with Crippen molar-refractivity contribution in [3.8, 4) is 5.75 Å². The maximum Gasteiger partial charge on any atom is 0.326 e. The van der Waals surface area contributed by atoms with Gasteiger partial charge in [-0.2, -0.15) is 12.6 Å². The lowest BCUT2D eigenvalue weighted by atomic mass is 9.95. The summed E-state index contributed by atoms with van der Waals surface area (Å²) < 4.78 is 0. The van der Waals surface area contributed by atoms with Gasteiger partial charge >= 0.3 is 35.8 Å².